The largest absolute Gasteiger partial charge is 0.444 e. The van der Waals surface area contributed by atoms with Crippen LogP contribution in [-0.4, -0.2) is 92.9 Å². The molecule has 2 atom stereocenters. The van der Waals surface area contributed by atoms with Crippen molar-refractivity contribution < 1.29 is 9.53 Å². The molecule has 0 radical (unpaired) electrons. The second-order valence-electron chi connectivity index (χ2n) is 9.66. The van der Waals surface area contributed by atoms with Crippen molar-refractivity contribution in [2.45, 2.75) is 72.4 Å². The molecule has 31 heavy (non-hydrogen) atoms. The van der Waals surface area contributed by atoms with Crippen molar-refractivity contribution in [3.63, 3.8) is 0 Å². The molecule has 0 aromatic rings. The first-order chi connectivity index (χ1) is 14.7. The van der Waals surface area contributed by atoms with Crippen molar-refractivity contribution in [3.05, 3.63) is 0 Å². The summed E-state index contributed by atoms with van der Waals surface area (Å²) < 4.78 is 5.36. The number of likely N-dealkylation sites (N-methyl/N-ethyl adjacent to an activating group) is 1. The molecule has 2 unspecified atom stereocenters. The molecule has 0 spiro atoms. The van der Waals surface area contributed by atoms with Gasteiger partial charge in [-0.15, -0.1) is 0 Å². The van der Waals surface area contributed by atoms with Crippen LogP contribution in [0.1, 0.15) is 60.8 Å². The van der Waals surface area contributed by atoms with Gasteiger partial charge in [0.05, 0.1) is 0 Å². The van der Waals surface area contributed by atoms with Gasteiger partial charge in [-0.25, -0.2) is 4.79 Å². The quantitative estimate of drug-likeness (QED) is 0.338. The van der Waals surface area contributed by atoms with Gasteiger partial charge >= 0.3 is 6.09 Å². The minimum atomic E-state index is -0.493. The molecule has 0 aromatic carbocycles. The van der Waals surface area contributed by atoms with Gasteiger partial charge in [0.2, 0.25) is 0 Å². The van der Waals surface area contributed by atoms with Crippen LogP contribution in [0.3, 0.4) is 0 Å². The Balaban J connectivity index is 2.43. The van der Waals surface area contributed by atoms with E-state index in [9.17, 15) is 4.79 Å². The predicted molar refractivity (Wildman–Crippen MR) is 130 cm³/mol. The SMILES string of the molecule is CCCCC(CNC(=O)OC(C)(C)C)NC(=NC)NCC(C)CN1CCN(CC)CC1. The van der Waals surface area contributed by atoms with Crippen molar-refractivity contribution in [2.24, 2.45) is 10.9 Å². The minimum Gasteiger partial charge on any atom is -0.444 e. The molecule has 0 aromatic heterocycles. The van der Waals surface area contributed by atoms with Crippen LogP contribution in [0.2, 0.25) is 0 Å². The molecule has 1 rings (SSSR count). The predicted octanol–water partition coefficient (Wildman–Crippen LogP) is 2.51. The Morgan fingerprint density at radius 2 is 1.71 bits per heavy atom. The molecule has 1 saturated heterocycles. The molecule has 0 bridgehead atoms. The Kier molecular flexibility index (Phi) is 12.9. The number of hydrogen-bond donors (Lipinski definition) is 3. The number of piperazine rings is 1. The summed E-state index contributed by atoms with van der Waals surface area (Å²) in [6.45, 7) is 20.6. The Morgan fingerprint density at radius 1 is 1.06 bits per heavy atom. The summed E-state index contributed by atoms with van der Waals surface area (Å²) in [6.07, 6.45) is 2.78. The number of carbonyl (C=O) groups excluding carboxylic acids is 1. The summed E-state index contributed by atoms with van der Waals surface area (Å²) in [5.41, 5.74) is -0.493. The minimum absolute atomic E-state index is 0.107. The third-order valence-corrected chi connectivity index (χ3v) is 5.46. The fraction of sp³-hybridized carbons (Fsp3) is 0.913. The van der Waals surface area contributed by atoms with E-state index in [1.807, 2.05) is 20.8 Å². The lowest BCUT2D eigenvalue weighted by Crippen LogP contribution is -2.51. The zero-order valence-electron chi connectivity index (χ0n) is 21.1. The summed E-state index contributed by atoms with van der Waals surface area (Å²) in [5, 5.41) is 9.83. The molecule has 1 amide bonds. The number of ether oxygens (including phenoxy) is 1. The fourth-order valence-electron chi connectivity index (χ4n) is 3.65. The standard InChI is InChI=1S/C23H48N6O2/c1-8-10-11-20(17-26-22(30)31-23(4,5)6)27-21(24-7)25-16-19(3)18-29-14-12-28(9-2)13-15-29/h19-20H,8-18H2,1-7H3,(H,26,30)(H2,24,25,27). The van der Waals surface area contributed by atoms with E-state index in [4.69, 9.17) is 4.74 Å². The van der Waals surface area contributed by atoms with E-state index >= 15 is 0 Å². The number of aliphatic imine (C=N–C) groups is 1. The van der Waals surface area contributed by atoms with Gasteiger partial charge in [0.15, 0.2) is 5.96 Å². The van der Waals surface area contributed by atoms with Crippen molar-refractivity contribution in [2.75, 3.05) is 59.4 Å². The van der Waals surface area contributed by atoms with Crippen LogP contribution >= 0.6 is 0 Å². The summed E-state index contributed by atoms with van der Waals surface area (Å²) in [4.78, 5) is 21.5. The van der Waals surface area contributed by atoms with Crippen LogP contribution in [0.5, 0.6) is 0 Å². The number of alkyl carbamates (subject to hydrolysis) is 1. The van der Waals surface area contributed by atoms with Crippen LogP contribution in [0.15, 0.2) is 4.99 Å². The highest BCUT2D eigenvalue weighted by Gasteiger charge is 2.19. The van der Waals surface area contributed by atoms with Gasteiger partial charge in [-0.3, -0.25) is 4.99 Å². The molecule has 8 heteroatoms. The second-order valence-corrected chi connectivity index (χ2v) is 9.66. The van der Waals surface area contributed by atoms with Crippen molar-refractivity contribution >= 4 is 12.1 Å². The lowest BCUT2D eigenvalue weighted by atomic mass is 10.1. The monoisotopic (exact) mass is 440 g/mol. The Bertz CT molecular complexity index is 527. The number of hydrogen-bond acceptors (Lipinski definition) is 5. The number of nitrogens with zero attached hydrogens (tertiary/aromatic N) is 3. The lowest BCUT2D eigenvalue weighted by Gasteiger charge is -2.35. The molecule has 1 aliphatic rings. The first-order valence-corrected chi connectivity index (χ1v) is 12.1. The number of nitrogens with one attached hydrogen (secondary N) is 3. The maximum Gasteiger partial charge on any atom is 0.407 e. The summed E-state index contributed by atoms with van der Waals surface area (Å²) in [6, 6.07) is 0.107. The molecular weight excluding hydrogens is 392 g/mol. The summed E-state index contributed by atoms with van der Waals surface area (Å²) in [5.74, 6) is 1.32. The van der Waals surface area contributed by atoms with Gasteiger partial charge in [-0.1, -0.05) is 33.6 Å². The van der Waals surface area contributed by atoms with Gasteiger partial charge in [-0.2, -0.15) is 0 Å². The Hall–Kier alpha value is -1.54. The van der Waals surface area contributed by atoms with Gasteiger partial charge in [-0.05, 0) is 39.7 Å². The number of unbranched alkanes of at least 4 members (excludes halogenated alkanes) is 1. The third kappa shape index (κ3) is 12.8. The van der Waals surface area contributed by atoms with E-state index < -0.39 is 5.60 Å². The molecule has 0 aliphatic carbocycles. The average molecular weight is 441 g/mol. The zero-order chi connectivity index (χ0) is 23.3. The van der Waals surface area contributed by atoms with Gasteiger partial charge in [0.1, 0.15) is 5.60 Å². The van der Waals surface area contributed by atoms with E-state index in [1.165, 1.54) is 13.1 Å². The molecule has 0 saturated carbocycles. The van der Waals surface area contributed by atoms with Crippen LogP contribution in [-0.2, 0) is 4.74 Å². The summed E-state index contributed by atoms with van der Waals surface area (Å²) >= 11 is 0. The highest BCUT2D eigenvalue weighted by Crippen LogP contribution is 2.07. The van der Waals surface area contributed by atoms with Crippen molar-refractivity contribution in [1.82, 2.24) is 25.8 Å². The highest BCUT2D eigenvalue weighted by molar-refractivity contribution is 5.80. The maximum absolute atomic E-state index is 12.0. The molecule has 1 fully saturated rings. The molecule has 1 heterocycles. The Labute approximate surface area is 190 Å². The first-order valence-electron chi connectivity index (χ1n) is 12.1. The van der Waals surface area contributed by atoms with Crippen LogP contribution in [0.25, 0.3) is 0 Å². The van der Waals surface area contributed by atoms with E-state index in [0.29, 0.717) is 12.5 Å². The van der Waals surface area contributed by atoms with Crippen LogP contribution < -0.4 is 16.0 Å². The van der Waals surface area contributed by atoms with Crippen LogP contribution in [0, 0.1) is 5.92 Å². The molecule has 1 aliphatic heterocycles. The molecule has 182 valence electrons. The van der Waals surface area contributed by atoms with Crippen LogP contribution in [0.4, 0.5) is 4.79 Å². The number of amides is 1. The fourth-order valence-corrected chi connectivity index (χ4v) is 3.65. The number of guanidine groups is 1. The Morgan fingerprint density at radius 3 is 2.26 bits per heavy atom. The number of carbonyl (C=O) groups is 1. The van der Waals surface area contributed by atoms with E-state index in [-0.39, 0.29) is 12.1 Å². The number of rotatable bonds is 11. The molecule has 3 N–H and O–H groups in total. The van der Waals surface area contributed by atoms with E-state index in [0.717, 1.165) is 57.9 Å². The van der Waals surface area contributed by atoms with Gasteiger partial charge < -0.3 is 30.5 Å². The zero-order valence-corrected chi connectivity index (χ0v) is 21.1. The summed E-state index contributed by atoms with van der Waals surface area (Å²) in [7, 11) is 1.79. The average Bonchev–Trinajstić information content (AvgIpc) is 2.71. The van der Waals surface area contributed by atoms with E-state index in [1.54, 1.807) is 7.05 Å². The second kappa shape index (κ2) is 14.5. The smallest absolute Gasteiger partial charge is 0.407 e. The van der Waals surface area contributed by atoms with Gasteiger partial charge in [0.25, 0.3) is 0 Å². The van der Waals surface area contributed by atoms with E-state index in [2.05, 4.69) is 51.5 Å². The normalized spacial score (nSPS) is 18.4. The lowest BCUT2D eigenvalue weighted by molar-refractivity contribution is 0.0522. The maximum atomic E-state index is 12.0. The van der Waals surface area contributed by atoms with Crippen molar-refractivity contribution in [3.8, 4) is 0 Å². The first kappa shape index (κ1) is 27.5. The molecule has 8 nitrogen and oxygen atoms in total. The van der Waals surface area contributed by atoms with Gasteiger partial charge in [0, 0.05) is 58.9 Å². The van der Waals surface area contributed by atoms with Crippen molar-refractivity contribution in [1.29, 1.82) is 0 Å². The molecular formula is C23H48N6O2. The topological polar surface area (TPSA) is 81.2 Å². The highest BCUT2D eigenvalue weighted by atomic mass is 16.6. The third-order valence-electron chi connectivity index (χ3n) is 5.46.